The van der Waals surface area contributed by atoms with Gasteiger partial charge in [0.15, 0.2) is 0 Å². The van der Waals surface area contributed by atoms with Gasteiger partial charge in [0.05, 0.1) is 0 Å². The average molecular weight is 303 g/mol. The number of nitrogens with two attached hydrogens (primary N) is 1. The van der Waals surface area contributed by atoms with Gasteiger partial charge in [-0.1, -0.05) is 6.07 Å². The van der Waals surface area contributed by atoms with Gasteiger partial charge in [0, 0.05) is 58.6 Å². The van der Waals surface area contributed by atoms with Crippen molar-refractivity contribution in [3.8, 4) is 0 Å². The molecule has 2 aliphatic heterocycles. The van der Waals surface area contributed by atoms with Crippen LogP contribution in [0, 0.1) is 5.92 Å². The number of rotatable bonds is 5. The summed E-state index contributed by atoms with van der Waals surface area (Å²) in [6.07, 6.45) is 4.59. The second-order valence-corrected chi connectivity index (χ2v) is 6.57. The zero-order valence-electron chi connectivity index (χ0n) is 13.5. The molecule has 0 spiro atoms. The quantitative estimate of drug-likeness (QED) is 0.875. The standard InChI is InChI=1S/C17H29N5/c18-6-9-20-8-3-4-16(14-20)15-21-10-12-22(13-11-21)17-5-1-2-7-19-17/h1-2,5,7,16H,3-4,6,8-15,18H2. The Kier molecular flexibility index (Phi) is 5.64. The Balaban J connectivity index is 1.44. The fourth-order valence-electron chi connectivity index (χ4n) is 3.75. The van der Waals surface area contributed by atoms with Crippen molar-refractivity contribution in [1.29, 1.82) is 0 Å². The molecule has 0 saturated carbocycles. The predicted molar refractivity (Wildman–Crippen MR) is 91.1 cm³/mol. The van der Waals surface area contributed by atoms with Crippen molar-refractivity contribution in [1.82, 2.24) is 14.8 Å². The molecule has 5 nitrogen and oxygen atoms in total. The van der Waals surface area contributed by atoms with Crippen LogP contribution in [0.5, 0.6) is 0 Å². The van der Waals surface area contributed by atoms with Gasteiger partial charge in [0.1, 0.15) is 5.82 Å². The van der Waals surface area contributed by atoms with Gasteiger partial charge in [0.25, 0.3) is 0 Å². The first-order valence-corrected chi connectivity index (χ1v) is 8.66. The zero-order valence-corrected chi connectivity index (χ0v) is 13.5. The Morgan fingerprint density at radius 1 is 1.09 bits per heavy atom. The van der Waals surface area contributed by atoms with E-state index in [1.165, 1.54) is 32.5 Å². The molecule has 1 aromatic heterocycles. The lowest BCUT2D eigenvalue weighted by molar-refractivity contribution is 0.132. The molecule has 2 aliphatic rings. The molecule has 0 amide bonds. The molecule has 3 heterocycles. The first-order chi connectivity index (χ1) is 10.8. The van der Waals surface area contributed by atoms with Crippen LogP contribution in [0.1, 0.15) is 12.8 Å². The third kappa shape index (κ3) is 4.18. The lowest BCUT2D eigenvalue weighted by Gasteiger charge is -2.39. The largest absolute Gasteiger partial charge is 0.354 e. The highest BCUT2D eigenvalue weighted by molar-refractivity contribution is 5.38. The minimum Gasteiger partial charge on any atom is -0.354 e. The molecule has 2 N–H and O–H groups in total. The van der Waals surface area contributed by atoms with Crippen LogP contribution in [0.25, 0.3) is 0 Å². The third-order valence-corrected chi connectivity index (χ3v) is 4.91. The van der Waals surface area contributed by atoms with E-state index in [2.05, 4.69) is 31.8 Å². The number of piperazine rings is 1. The molecule has 2 saturated heterocycles. The molecule has 22 heavy (non-hydrogen) atoms. The molecule has 1 atom stereocenters. The normalized spacial score (nSPS) is 24.6. The van der Waals surface area contributed by atoms with Crippen LogP contribution in [0.4, 0.5) is 5.82 Å². The van der Waals surface area contributed by atoms with Gasteiger partial charge >= 0.3 is 0 Å². The van der Waals surface area contributed by atoms with E-state index in [4.69, 9.17) is 5.73 Å². The topological polar surface area (TPSA) is 48.6 Å². The van der Waals surface area contributed by atoms with Gasteiger partial charge in [-0.15, -0.1) is 0 Å². The van der Waals surface area contributed by atoms with Crippen LogP contribution >= 0.6 is 0 Å². The molecule has 2 fully saturated rings. The van der Waals surface area contributed by atoms with E-state index in [9.17, 15) is 0 Å². The van der Waals surface area contributed by atoms with Gasteiger partial charge in [-0.2, -0.15) is 0 Å². The van der Waals surface area contributed by atoms with E-state index >= 15 is 0 Å². The Hall–Kier alpha value is -1.17. The first-order valence-electron chi connectivity index (χ1n) is 8.66. The van der Waals surface area contributed by atoms with Crippen molar-refractivity contribution >= 4 is 5.82 Å². The molecule has 1 unspecified atom stereocenters. The fourth-order valence-corrected chi connectivity index (χ4v) is 3.75. The van der Waals surface area contributed by atoms with Crippen LogP contribution in [0.2, 0.25) is 0 Å². The van der Waals surface area contributed by atoms with Crippen molar-refractivity contribution in [2.45, 2.75) is 12.8 Å². The molecule has 0 aromatic carbocycles. The van der Waals surface area contributed by atoms with Crippen LogP contribution < -0.4 is 10.6 Å². The number of pyridine rings is 1. The van der Waals surface area contributed by atoms with Crippen LogP contribution in [-0.4, -0.2) is 73.7 Å². The van der Waals surface area contributed by atoms with Crippen molar-refractivity contribution in [3.05, 3.63) is 24.4 Å². The van der Waals surface area contributed by atoms with E-state index in [-0.39, 0.29) is 0 Å². The van der Waals surface area contributed by atoms with Crippen molar-refractivity contribution in [3.63, 3.8) is 0 Å². The number of aromatic nitrogens is 1. The molecular formula is C17H29N5. The number of hydrogen-bond acceptors (Lipinski definition) is 5. The molecule has 3 rings (SSSR count). The van der Waals surface area contributed by atoms with E-state index in [0.717, 1.165) is 51.0 Å². The van der Waals surface area contributed by atoms with Crippen LogP contribution in [0.3, 0.4) is 0 Å². The number of hydrogen-bond donors (Lipinski definition) is 1. The lowest BCUT2D eigenvalue weighted by Crippen LogP contribution is -2.50. The summed E-state index contributed by atoms with van der Waals surface area (Å²) in [6.45, 7) is 10.1. The summed E-state index contributed by atoms with van der Waals surface area (Å²) >= 11 is 0. The van der Waals surface area contributed by atoms with E-state index < -0.39 is 0 Å². The summed E-state index contributed by atoms with van der Waals surface area (Å²) in [7, 11) is 0. The number of nitrogens with zero attached hydrogens (tertiary/aromatic N) is 4. The van der Waals surface area contributed by atoms with Crippen LogP contribution in [0.15, 0.2) is 24.4 Å². The summed E-state index contributed by atoms with van der Waals surface area (Å²) in [5.41, 5.74) is 5.70. The van der Waals surface area contributed by atoms with Gasteiger partial charge < -0.3 is 15.5 Å². The lowest BCUT2D eigenvalue weighted by atomic mass is 9.97. The van der Waals surface area contributed by atoms with Gasteiger partial charge in [0.2, 0.25) is 0 Å². The van der Waals surface area contributed by atoms with Gasteiger partial charge in [-0.05, 0) is 37.4 Å². The highest BCUT2D eigenvalue weighted by Gasteiger charge is 2.24. The predicted octanol–water partition coefficient (Wildman–Crippen LogP) is 0.874. The molecule has 0 aliphatic carbocycles. The Labute approximate surface area is 134 Å². The molecule has 0 radical (unpaired) electrons. The smallest absolute Gasteiger partial charge is 0.128 e. The zero-order chi connectivity index (χ0) is 15.2. The molecule has 0 bridgehead atoms. The van der Waals surface area contributed by atoms with Gasteiger partial charge in [-0.3, -0.25) is 4.90 Å². The van der Waals surface area contributed by atoms with E-state index in [1.54, 1.807) is 0 Å². The van der Waals surface area contributed by atoms with Crippen molar-refractivity contribution < 1.29 is 0 Å². The van der Waals surface area contributed by atoms with Crippen LogP contribution in [-0.2, 0) is 0 Å². The average Bonchev–Trinajstić information content (AvgIpc) is 2.57. The third-order valence-electron chi connectivity index (χ3n) is 4.91. The maximum absolute atomic E-state index is 5.70. The second kappa shape index (κ2) is 7.90. The number of likely N-dealkylation sites (tertiary alicyclic amines) is 1. The summed E-state index contributed by atoms with van der Waals surface area (Å²) < 4.78 is 0. The SMILES string of the molecule is NCCN1CCCC(CN2CCN(c3ccccn3)CC2)C1. The summed E-state index contributed by atoms with van der Waals surface area (Å²) in [6, 6.07) is 6.17. The Morgan fingerprint density at radius 3 is 2.68 bits per heavy atom. The van der Waals surface area contributed by atoms with E-state index in [1.807, 2.05) is 12.3 Å². The minimum absolute atomic E-state index is 0.787. The molecule has 5 heteroatoms. The van der Waals surface area contributed by atoms with Crippen molar-refractivity contribution in [2.24, 2.45) is 11.7 Å². The molecule has 122 valence electrons. The maximum atomic E-state index is 5.70. The molecular weight excluding hydrogens is 274 g/mol. The fraction of sp³-hybridized carbons (Fsp3) is 0.706. The minimum atomic E-state index is 0.787. The highest BCUT2D eigenvalue weighted by Crippen LogP contribution is 2.19. The highest BCUT2D eigenvalue weighted by atomic mass is 15.3. The second-order valence-electron chi connectivity index (χ2n) is 6.57. The van der Waals surface area contributed by atoms with Crippen molar-refractivity contribution in [2.75, 3.05) is 63.8 Å². The number of anilines is 1. The van der Waals surface area contributed by atoms with E-state index in [0.29, 0.717) is 0 Å². The Bertz CT molecular complexity index is 428. The molecule has 1 aromatic rings. The number of piperidine rings is 1. The summed E-state index contributed by atoms with van der Waals surface area (Å²) in [5.74, 6) is 1.94. The Morgan fingerprint density at radius 2 is 1.95 bits per heavy atom. The summed E-state index contributed by atoms with van der Waals surface area (Å²) in [5, 5.41) is 0. The monoisotopic (exact) mass is 303 g/mol. The summed E-state index contributed by atoms with van der Waals surface area (Å²) in [4.78, 5) is 12.0. The first kappa shape index (κ1) is 15.7. The van der Waals surface area contributed by atoms with Gasteiger partial charge in [-0.25, -0.2) is 4.98 Å². The maximum Gasteiger partial charge on any atom is 0.128 e.